The van der Waals surface area contributed by atoms with Crippen molar-refractivity contribution in [2.24, 2.45) is 5.92 Å². The minimum Gasteiger partial charge on any atom is -0.393 e. The molecule has 0 amide bonds. The fourth-order valence-corrected chi connectivity index (χ4v) is 1.42. The van der Waals surface area contributed by atoms with Crippen molar-refractivity contribution < 1.29 is 5.11 Å². The number of rotatable bonds is 6. The molecular weight excluding hydrogens is 136 g/mol. The Morgan fingerprint density at radius 2 is 2.09 bits per heavy atom. The highest BCUT2D eigenvalue weighted by molar-refractivity contribution is 4.74. The summed E-state index contributed by atoms with van der Waals surface area (Å²) in [6.07, 6.45) is 8.56. The fourth-order valence-electron chi connectivity index (χ4n) is 1.42. The molecule has 0 spiro atoms. The van der Waals surface area contributed by atoms with Crippen LogP contribution in [0.1, 0.15) is 51.9 Å². The first-order valence-corrected chi connectivity index (χ1v) is 5.01. The number of hydrogen-bond donors (Lipinski definition) is 1. The standard InChI is InChI=1S/C10H20O/c1-2-3-4-10(11)8-7-9-5-6-9/h9-11H,2-8H2,1H3. The molecule has 1 aliphatic carbocycles. The van der Waals surface area contributed by atoms with E-state index in [1.54, 1.807) is 0 Å². The molecule has 0 heterocycles. The lowest BCUT2D eigenvalue weighted by Gasteiger charge is -2.08. The molecule has 0 bridgehead atoms. The third kappa shape index (κ3) is 4.41. The Labute approximate surface area is 69.8 Å². The van der Waals surface area contributed by atoms with Gasteiger partial charge in [0, 0.05) is 0 Å². The Bertz CT molecular complexity index is 97.0. The van der Waals surface area contributed by atoms with Crippen molar-refractivity contribution in [3.63, 3.8) is 0 Å². The number of hydrogen-bond acceptors (Lipinski definition) is 1. The Balaban J connectivity index is 1.87. The summed E-state index contributed by atoms with van der Waals surface area (Å²) in [5, 5.41) is 9.46. The molecule has 1 atom stereocenters. The van der Waals surface area contributed by atoms with E-state index in [1.807, 2.05) is 0 Å². The summed E-state index contributed by atoms with van der Waals surface area (Å²) in [4.78, 5) is 0. The van der Waals surface area contributed by atoms with Crippen molar-refractivity contribution in [2.75, 3.05) is 0 Å². The van der Waals surface area contributed by atoms with Crippen LogP contribution in [0.3, 0.4) is 0 Å². The predicted octanol–water partition coefficient (Wildman–Crippen LogP) is 2.73. The van der Waals surface area contributed by atoms with E-state index >= 15 is 0 Å². The first-order chi connectivity index (χ1) is 5.33. The Kier molecular flexibility index (Phi) is 3.92. The topological polar surface area (TPSA) is 20.2 Å². The van der Waals surface area contributed by atoms with Crippen LogP contribution in [0.2, 0.25) is 0 Å². The summed E-state index contributed by atoms with van der Waals surface area (Å²) >= 11 is 0. The van der Waals surface area contributed by atoms with Crippen LogP contribution in [0.5, 0.6) is 0 Å². The van der Waals surface area contributed by atoms with Gasteiger partial charge in [-0.05, 0) is 25.2 Å². The number of aliphatic hydroxyl groups is 1. The van der Waals surface area contributed by atoms with Gasteiger partial charge in [0.05, 0.1) is 6.10 Å². The van der Waals surface area contributed by atoms with Crippen LogP contribution in [0, 0.1) is 5.92 Å². The second-order valence-electron chi connectivity index (χ2n) is 3.82. The van der Waals surface area contributed by atoms with E-state index < -0.39 is 0 Å². The van der Waals surface area contributed by atoms with Crippen LogP contribution in [0.15, 0.2) is 0 Å². The average molecular weight is 156 g/mol. The van der Waals surface area contributed by atoms with Crippen LogP contribution in [0.25, 0.3) is 0 Å². The first kappa shape index (κ1) is 9.05. The fraction of sp³-hybridized carbons (Fsp3) is 1.00. The Hall–Kier alpha value is -0.0400. The van der Waals surface area contributed by atoms with Gasteiger partial charge in [0.15, 0.2) is 0 Å². The predicted molar refractivity (Wildman–Crippen MR) is 47.5 cm³/mol. The molecule has 0 saturated heterocycles. The van der Waals surface area contributed by atoms with Gasteiger partial charge >= 0.3 is 0 Å². The van der Waals surface area contributed by atoms with Crippen LogP contribution in [0.4, 0.5) is 0 Å². The van der Waals surface area contributed by atoms with E-state index in [2.05, 4.69) is 6.92 Å². The molecule has 1 N–H and O–H groups in total. The molecule has 0 aromatic heterocycles. The van der Waals surface area contributed by atoms with Crippen LogP contribution < -0.4 is 0 Å². The Morgan fingerprint density at radius 1 is 1.36 bits per heavy atom. The van der Waals surface area contributed by atoms with E-state index in [0.29, 0.717) is 0 Å². The quantitative estimate of drug-likeness (QED) is 0.627. The average Bonchev–Trinajstić information content (AvgIpc) is 2.80. The van der Waals surface area contributed by atoms with Crippen molar-refractivity contribution in [3.8, 4) is 0 Å². The molecule has 1 unspecified atom stereocenters. The van der Waals surface area contributed by atoms with E-state index in [-0.39, 0.29) is 6.10 Å². The molecule has 1 fully saturated rings. The summed E-state index contributed by atoms with van der Waals surface area (Å²) in [5.74, 6) is 0.978. The van der Waals surface area contributed by atoms with Gasteiger partial charge in [-0.3, -0.25) is 0 Å². The summed E-state index contributed by atoms with van der Waals surface area (Å²) in [6, 6.07) is 0. The molecule has 0 aliphatic heterocycles. The van der Waals surface area contributed by atoms with Crippen molar-refractivity contribution >= 4 is 0 Å². The van der Waals surface area contributed by atoms with Crippen molar-refractivity contribution in [3.05, 3.63) is 0 Å². The first-order valence-electron chi connectivity index (χ1n) is 5.01. The largest absolute Gasteiger partial charge is 0.393 e. The maximum Gasteiger partial charge on any atom is 0.0540 e. The molecule has 1 nitrogen and oxygen atoms in total. The van der Waals surface area contributed by atoms with Gasteiger partial charge in [-0.25, -0.2) is 0 Å². The highest BCUT2D eigenvalue weighted by Gasteiger charge is 2.21. The van der Waals surface area contributed by atoms with Crippen molar-refractivity contribution in [1.82, 2.24) is 0 Å². The minimum absolute atomic E-state index is 0.00412. The summed E-state index contributed by atoms with van der Waals surface area (Å²) in [6.45, 7) is 2.17. The van der Waals surface area contributed by atoms with Gasteiger partial charge in [0.1, 0.15) is 0 Å². The summed E-state index contributed by atoms with van der Waals surface area (Å²) in [7, 11) is 0. The third-order valence-electron chi connectivity index (χ3n) is 2.50. The molecule has 0 aromatic rings. The number of unbranched alkanes of at least 4 members (excludes halogenated alkanes) is 1. The summed E-state index contributed by atoms with van der Waals surface area (Å²) < 4.78 is 0. The van der Waals surface area contributed by atoms with E-state index in [4.69, 9.17) is 0 Å². The zero-order valence-corrected chi connectivity index (χ0v) is 7.55. The van der Waals surface area contributed by atoms with Gasteiger partial charge < -0.3 is 5.11 Å². The van der Waals surface area contributed by atoms with Gasteiger partial charge in [0.25, 0.3) is 0 Å². The van der Waals surface area contributed by atoms with Crippen LogP contribution in [-0.4, -0.2) is 11.2 Å². The maximum atomic E-state index is 9.46. The van der Waals surface area contributed by atoms with Crippen molar-refractivity contribution in [1.29, 1.82) is 0 Å². The second kappa shape index (κ2) is 4.76. The Morgan fingerprint density at radius 3 is 2.64 bits per heavy atom. The smallest absolute Gasteiger partial charge is 0.0540 e. The van der Waals surface area contributed by atoms with Crippen LogP contribution >= 0.6 is 0 Å². The lowest BCUT2D eigenvalue weighted by atomic mass is 10.1. The lowest BCUT2D eigenvalue weighted by Crippen LogP contribution is -2.05. The summed E-state index contributed by atoms with van der Waals surface area (Å²) in [5.41, 5.74) is 0. The zero-order valence-electron chi connectivity index (χ0n) is 7.55. The molecule has 0 radical (unpaired) electrons. The van der Waals surface area contributed by atoms with Crippen molar-refractivity contribution in [2.45, 2.75) is 58.0 Å². The van der Waals surface area contributed by atoms with Gasteiger partial charge in [-0.1, -0.05) is 32.6 Å². The van der Waals surface area contributed by atoms with Gasteiger partial charge in [-0.2, -0.15) is 0 Å². The normalized spacial score (nSPS) is 20.2. The van der Waals surface area contributed by atoms with E-state index in [9.17, 15) is 5.11 Å². The molecule has 1 heteroatoms. The molecule has 1 rings (SSSR count). The third-order valence-corrected chi connectivity index (χ3v) is 2.50. The molecule has 66 valence electrons. The zero-order chi connectivity index (χ0) is 8.10. The SMILES string of the molecule is CCCCC(O)CCC1CC1. The van der Waals surface area contributed by atoms with Gasteiger partial charge in [0.2, 0.25) is 0 Å². The van der Waals surface area contributed by atoms with E-state index in [1.165, 1.54) is 32.1 Å². The second-order valence-corrected chi connectivity index (χ2v) is 3.82. The highest BCUT2D eigenvalue weighted by atomic mass is 16.3. The molecule has 11 heavy (non-hydrogen) atoms. The maximum absolute atomic E-state index is 9.46. The number of aliphatic hydroxyl groups excluding tert-OH is 1. The van der Waals surface area contributed by atoms with Crippen LogP contribution in [-0.2, 0) is 0 Å². The molecule has 1 saturated carbocycles. The van der Waals surface area contributed by atoms with E-state index in [0.717, 1.165) is 18.8 Å². The van der Waals surface area contributed by atoms with Gasteiger partial charge in [-0.15, -0.1) is 0 Å². The highest BCUT2D eigenvalue weighted by Crippen LogP contribution is 2.34. The molecule has 1 aliphatic rings. The molecule has 0 aromatic carbocycles. The lowest BCUT2D eigenvalue weighted by molar-refractivity contribution is 0.147. The molecular formula is C10H20O. The monoisotopic (exact) mass is 156 g/mol. The minimum atomic E-state index is -0.00412.